The fourth-order valence-corrected chi connectivity index (χ4v) is 8.29. The quantitative estimate of drug-likeness (QED) is 0.141. The van der Waals surface area contributed by atoms with Crippen LogP contribution in [0.3, 0.4) is 0 Å². The summed E-state index contributed by atoms with van der Waals surface area (Å²) in [6.07, 6.45) is 0.329. The number of carbonyl (C=O) groups excluding carboxylic acids is 1. The molecule has 47 heavy (non-hydrogen) atoms. The molecule has 0 radical (unpaired) electrons. The predicted molar refractivity (Wildman–Crippen MR) is 200 cm³/mol. The molecule has 1 amide bonds. The van der Waals surface area contributed by atoms with Gasteiger partial charge in [-0.1, -0.05) is 91.8 Å². The molecule has 1 atom stereocenters. The van der Waals surface area contributed by atoms with E-state index in [1.54, 1.807) is 0 Å². The van der Waals surface area contributed by atoms with Crippen LogP contribution in [0.5, 0.6) is 5.75 Å². The average molecular weight is 767 g/mol. The van der Waals surface area contributed by atoms with Crippen molar-refractivity contribution in [1.82, 2.24) is 0 Å². The molecule has 3 aromatic carbocycles. The third kappa shape index (κ3) is 8.43. The standard InChI is InChI=1S/C27H39N2.C12H13NO2.2ClH.Ru/c1-18(2)22-11-9-12-23(19(3)4)26(22)28-15-16-29(17-28)27-24(20(5)6)13-10-14-25(27)21(7)8;1-4-10-12(14)13-9-7-5-6-8(2)11(9)15(10)3;;;/h9-14,17-21H,15-16H2,1-8H3;2,5-7,10H,3-4H2,1H3,(H,13,14);2*1H;/q-1;;;;+2/p-2. The van der Waals surface area contributed by atoms with Crippen molar-refractivity contribution in [2.24, 2.45) is 0 Å². The maximum absolute atomic E-state index is 11.9. The Balaban J connectivity index is 0.000000238. The number of nitrogens with zero attached hydrogens (tertiary/aromatic N) is 2. The summed E-state index contributed by atoms with van der Waals surface area (Å²) in [5.74, 6) is 2.80. The van der Waals surface area contributed by atoms with Crippen LogP contribution < -0.4 is 15.1 Å². The zero-order chi connectivity index (χ0) is 34.6. The van der Waals surface area contributed by atoms with Crippen molar-refractivity contribution in [2.75, 3.05) is 28.2 Å². The van der Waals surface area contributed by atoms with Gasteiger partial charge in [0.1, 0.15) is 0 Å². The van der Waals surface area contributed by atoms with Crippen LogP contribution in [0.25, 0.3) is 0 Å². The number of rotatable bonds is 8. The van der Waals surface area contributed by atoms with Crippen LogP contribution in [0, 0.1) is 13.8 Å². The second kappa shape index (κ2) is 16.3. The van der Waals surface area contributed by atoms with Gasteiger partial charge in [0, 0.05) is 24.5 Å². The van der Waals surface area contributed by atoms with Crippen molar-refractivity contribution in [2.45, 2.75) is 98.5 Å². The SMILES string of the molecule is CC(C)c1cccc(C(C)C)c1N1[CH-]N(c2c(C(C)C)cccc2C(C)C)CC1.[CH2-][O+]1c2c([CH]=[Ru]([Cl])[Cl])cccc2NC(=O)C1CC. The minimum absolute atomic E-state index is 0.0620. The fourth-order valence-electron chi connectivity index (χ4n) is 6.51. The molecule has 0 aromatic heterocycles. The number of hydrogen-bond acceptors (Lipinski definition) is 3. The molecule has 258 valence electrons. The van der Waals surface area contributed by atoms with E-state index in [1.807, 2.05) is 29.7 Å². The van der Waals surface area contributed by atoms with Crippen molar-refractivity contribution in [1.29, 1.82) is 0 Å². The van der Waals surface area contributed by atoms with Gasteiger partial charge in [0.25, 0.3) is 0 Å². The fraction of sp³-hybridized carbons (Fsp3) is 0.436. The van der Waals surface area contributed by atoms with Gasteiger partial charge in [0.15, 0.2) is 0 Å². The number of halogens is 2. The van der Waals surface area contributed by atoms with Crippen molar-refractivity contribution >= 4 is 47.0 Å². The predicted octanol–water partition coefficient (Wildman–Crippen LogP) is 11.2. The Morgan fingerprint density at radius 1 is 0.830 bits per heavy atom. The Hall–Kier alpha value is -2.40. The molecule has 5 nitrogen and oxygen atoms in total. The molecular weight excluding hydrogens is 714 g/mol. The molecule has 1 unspecified atom stereocenters. The molecule has 1 N–H and O–H groups in total. The van der Waals surface area contributed by atoms with Gasteiger partial charge in [-0.3, -0.25) is 0 Å². The maximum atomic E-state index is 11.9. The summed E-state index contributed by atoms with van der Waals surface area (Å²) in [6, 6.07) is 19.3. The van der Waals surface area contributed by atoms with Gasteiger partial charge in [0.2, 0.25) is 0 Å². The Labute approximate surface area is 296 Å². The van der Waals surface area contributed by atoms with Crippen molar-refractivity contribution in [3.8, 4) is 5.75 Å². The van der Waals surface area contributed by atoms with Crippen LogP contribution in [0.2, 0.25) is 0 Å². The topological polar surface area (TPSA) is 38.3 Å². The molecule has 2 heterocycles. The summed E-state index contributed by atoms with van der Waals surface area (Å²) in [5, 5.41) is 2.87. The first kappa shape index (κ1) is 37.4. The van der Waals surface area contributed by atoms with E-state index in [4.69, 9.17) is 19.4 Å². The van der Waals surface area contributed by atoms with E-state index >= 15 is 0 Å². The third-order valence-electron chi connectivity index (χ3n) is 8.88. The Kier molecular flexibility index (Phi) is 13.0. The zero-order valence-corrected chi connectivity index (χ0v) is 32.6. The number of hydrogen-bond donors (Lipinski definition) is 1. The number of benzene rings is 3. The van der Waals surface area contributed by atoms with Crippen molar-refractivity contribution < 1.29 is 22.7 Å². The van der Waals surface area contributed by atoms with E-state index in [9.17, 15) is 4.79 Å². The van der Waals surface area contributed by atoms with Gasteiger partial charge in [0.05, 0.1) is 0 Å². The van der Waals surface area contributed by atoms with Crippen LogP contribution >= 0.6 is 19.4 Å². The Morgan fingerprint density at radius 3 is 1.64 bits per heavy atom. The van der Waals surface area contributed by atoms with Crippen molar-refractivity contribution in [3.63, 3.8) is 0 Å². The minimum atomic E-state index is -1.92. The van der Waals surface area contributed by atoms with Crippen LogP contribution in [0.4, 0.5) is 17.1 Å². The normalized spacial score (nSPS) is 16.5. The number of nitrogens with one attached hydrogen (secondary N) is 1. The van der Waals surface area contributed by atoms with Crippen LogP contribution in [0.15, 0.2) is 54.6 Å². The second-order valence-electron chi connectivity index (χ2n) is 13.5. The summed E-state index contributed by atoms with van der Waals surface area (Å²) in [5.41, 5.74) is 10.3. The Morgan fingerprint density at radius 2 is 1.26 bits per heavy atom. The van der Waals surface area contributed by atoms with Gasteiger partial charge < -0.3 is 9.80 Å². The summed E-state index contributed by atoms with van der Waals surface area (Å²) < 4.78 is 4.51. The second-order valence-corrected chi connectivity index (χ2v) is 19.3. The zero-order valence-electron chi connectivity index (χ0n) is 29.4. The van der Waals surface area contributed by atoms with E-state index in [2.05, 4.69) is 125 Å². The molecule has 8 heteroatoms. The third-order valence-corrected chi connectivity index (χ3v) is 10.7. The van der Waals surface area contributed by atoms with E-state index in [-0.39, 0.29) is 12.0 Å². The summed E-state index contributed by atoms with van der Waals surface area (Å²) >= 11 is -1.92. The van der Waals surface area contributed by atoms with Gasteiger partial charge >= 0.3 is 120 Å². The average Bonchev–Trinajstić information content (AvgIpc) is 3.50. The first-order chi connectivity index (χ1) is 22.3. The van der Waals surface area contributed by atoms with Crippen LogP contribution in [0.1, 0.15) is 120 Å². The first-order valence-electron chi connectivity index (χ1n) is 16.7. The molecule has 1 fully saturated rings. The van der Waals surface area contributed by atoms with Gasteiger partial charge in [-0.25, -0.2) is 0 Å². The van der Waals surface area contributed by atoms with E-state index in [0.29, 0.717) is 30.1 Å². The monoisotopic (exact) mass is 766 g/mol. The molecule has 5 rings (SSSR count). The van der Waals surface area contributed by atoms with Gasteiger partial charge in [-0.15, -0.1) is 0 Å². The molecule has 3 aromatic rings. The van der Waals surface area contributed by atoms with Crippen molar-refractivity contribution in [3.05, 3.63) is 96.2 Å². The number of para-hydroxylation sites is 3. The molecule has 1 saturated heterocycles. The number of anilines is 3. The molecule has 0 saturated carbocycles. The molecule has 0 bridgehead atoms. The Bertz CT molecular complexity index is 1460. The molecule has 0 spiro atoms. The molecule has 2 aliphatic heterocycles. The van der Waals surface area contributed by atoms with Crippen LogP contribution in [-0.4, -0.2) is 29.7 Å². The molecular formula is C39H52Cl2N3O2Ru-. The summed E-state index contributed by atoms with van der Waals surface area (Å²) in [6.45, 7) is 24.8. The first-order valence-corrected chi connectivity index (χ1v) is 22.2. The van der Waals surface area contributed by atoms with Crippen LogP contribution in [-0.2, 0) is 22.7 Å². The number of fused-ring (bicyclic) bond motifs is 1. The summed E-state index contributed by atoms with van der Waals surface area (Å²) in [7, 11) is 15.7. The summed E-state index contributed by atoms with van der Waals surface area (Å²) in [4.78, 5) is 16.9. The molecule has 2 aliphatic rings. The molecule has 0 aliphatic carbocycles. The van der Waals surface area contributed by atoms with E-state index in [1.165, 1.54) is 33.6 Å². The number of carbonyl (C=O) groups is 1. The number of amides is 1. The van der Waals surface area contributed by atoms with Gasteiger partial charge in [-0.2, -0.15) is 6.67 Å². The van der Waals surface area contributed by atoms with Gasteiger partial charge in [-0.05, 0) is 45.9 Å². The van der Waals surface area contributed by atoms with E-state index in [0.717, 1.165) is 30.1 Å². The van der Waals surface area contributed by atoms with E-state index < -0.39 is 13.5 Å².